The Morgan fingerprint density at radius 1 is 1.22 bits per heavy atom. The Morgan fingerprint density at radius 3 is 2.50 bits per heavy atom. The van der Waals surface area contributed by atoms with E-state index in [1.807, 2.05) is 31.2 Å². The summed E-state index contributed by atoms with van der Waals surface area (Å²) in [4.78, 5) is 0. The highest BCUT2D eigenvalue weighted by molar-refractivity contribution is 6.33. The van der Waals surface area contributed by atoms with Gasteiger partial charge in [0.2, 0.25) is 0 Å². The van der Waals surface area contributed by atoms with Crippen LogP contribution in [0, 0.1) is 5.82 Å². The number of benzene rings is 2. The summed E-state index contributed by atoms with van der Waals surface area (Å²) in [5, 5.41) is 0.221. The molecule has 0 heterocycles. The summed E-state index contributed by atoms with van der Waals surface area (Å²) in [6, 6.07) is 9.86. The lowest BCUT2D eigenvalue weighted by Gasteiger charge is -2.09. The van der Waals surface area contributed by atoms with Crippen LogP contribution in [-0.4, -0.2) is 6.61 Å². The lowest BCUT2D eigenvalue weighted by molar-refractivity contribution is 0.340. The van der Waals surface area contributed by atoms with Crippen molar-refractivity contribution in [1.29, 1.82) is 0 Å². The van der Waals surface area contributed by atoms with Crippen molar-refractivity contribution in [2.45, 2.75) is 6.92 Å². The molecule has 0 amide bonds. The Balaban J connectivity index is 2.42. The fourth-order valence-corrected chi connectivity index (χ4v) is 1.93. The van der Waals surface area contributed by atoms with E-state index in [9.17, 15) is 4.39 Å². The van der Waals surface area contributed by atoms with E-state index in [1.165, 1.54) is 12.1 Å². The van der Waals surface area contributed by atoms with Crippen LogP contribution in [0.25, 0.3) is 11.1 Å². The first-order valence-corrected chi connectivity index (χ1v) is 5.97. The molecule has 2 rings (SSSR count). The van der Waals surface area contributed by atoms with Gasteiger partial charge in [0, 0.05) is 5.56 Å². The molecule has 2 aromatic rings. The van der Waals surface area contributed by atoms with Crippen molar-refractivity contribution in [3.8, 4) is 16.9 Å². The molecule has 0 saturated carbocycles. The molecule has 0 atom stereocenters. The lowest BCUT2D eigenvalue weighted by atomic mass is 10.0. The SMILES string of the molecule is CCOc1ccc(-c2cc(F)cc(Cl)c2N)cc1. The average molecular weight is 266 g/mol. The smallest absolute Gasteiger partial charge is 0.125 e. The van der Waals surface area contributed by atoms with Gasteiger partial charge in [-0.25, -0.2) is 4.39 Å². The minimum absolute atomic E-state index is 0.221. The van der Waals surface area contributed by atoms with Crippen LogP contribution in [-0.2, 0) is 0 Å². The standard InChI is InChI=1S/C14H13ClFNO/c1-2-18-11-5-3-9(4-6-11)12-7-10(16)8-13(15)14(12)17/h3-8H,2,17H2,1H3. The molecule has 0 unspecified atom stereocenters. The maximum atomic E-state index is 13.3. The van der Waals surface area contributed by atoms with Crippen LogP contribution in [0.2, 0.25) is 5.02 Å². The van der Waals surface area contributed by atoms with Gasteiger partial charge in [-0.2, -0.15) is 0 Å². The molecule has 2 aromatic carbocycles. The van der Waals surface area contributed by atoms with Gasteiger partial charge in [0.25, 0.3) is 0 Å². The first kappa shape index (κ1) is 12.7. The molecule has 0 aliphatic rings. The van der Waals surface area contributed by atoms with E-state index in [1.54, 1.807) is 0 Å². The molecule has 0 bridgehead atoms. The van der Waals surface area contributed by atoms with Gasteiger partial charge in [-0.1, -0.05) is 23.7 Å². The van der Waals surface area contributed by atoms with E-state index >= 15 is 0 Å². The maximum Gasteiger partial charge on any atom is 0.125 e. The van der Waals surface area contributed by atoms with E-state index in [0.29, 0.717) is 17.9 Å². The summed E-state index contributed by atoms with van der Waals surface area (Å²) in [5.74, 6) is 0.361. The van der Waals surface area contributed by atoms with Crippen molar-refractivity contribution in [3.63, 3.8) is 0 Å². The number of nitrogen functional groups attached to an aromatic ring is 1. The third-order valence-electron chi connectivity index (χ3n) is 2.57. The van der Waals surface area contributed by atoms with Crippen molar-refractivity contribution in [3.05, 3.63) is 47.2 Å². The number of anilines is 1. The van der Waals surface area contributed by atoms with E-state index in [0.717, 1.165) is 11.3 Å². The summed E-state index contributed by atoms with van der Waals surface area (Å²) in [6.45, 7) is 2.52. The normalized spacial score (nSPS) is 10.4. The second-order valence-electron chi connectivity index (χ2n) is 3.81. The molecule has 0 aliphatic carbocycles. The van der Waals surface area contributed by atoms with Gasteiger partial charge in [0.1, 0.15) is 11.6 Å². The van der Waals surface area contributed by atoms with Gasteiger partial charge in [-0.15, -0.1) is 0 Å². The van der Waals surface area contributed by atoms with Crippen molar-refractivity contribution in [2.75, 3.05) is 12.3 Å². The fourth-order valence-electron chi connectivity index (χ4n) is 1.72. The number of halogens is 2. The Kier molecular flexibility index (Phi) is 3.72. The van der Waals surface area contributed by atoms with Crippen LogP contribution in [0.1, 0.15) is 6.92 Å². The maximum absolute atomic E-state index is 13.3. The molecule has 0 aliphatic heterocycles. The topological polar surface area (TPSA) is 35.2 Å². The molecule has 2 N–H and O–H groups in total. The van der Waals surface area contributed by atoms with Crippen LogP contribution in [0.5, 0.6) is 5.75 Å². The number of hydrogen-bond donors (Lipinski definition) is 1. The third-order valence-corrected chi connectivity index (χ3v) is 2.88. The first-order valence-electron chi connectivity index (χ1n) is 5.59. The van der Waals surface area contributed by atoms with Gasteiger partial charge >= 0.3 is 0 Å². The monoisotopic (exact) mass is 265 g/mol. The van der Waals surface area contributed by atoms with Crippen LogP contribution in [0.3, 0.4) is 0 Å². The highest BCUT2D eigenvalue weighted by Gasteiger charge is 2.09. The van der Waals surface area contributed by atoms with Gasteiger partial charge < -0.3 is 10.5 Å². The van der Waals surface area contributed by atoms with Gasteiger partial charge in [0.15, 0.2) is 0 Å². The van der Waals surface area contributed by atoms with Crippen LogP contribution in [0.4, 0.5) is 10.1 Å². The molecular weight excluding hydrogens is 253 g/mol. The quantitative estimate of drug-likeness (QED) is 0.847. The predicted molar refractivity (Wildman–Crippen MR) is 72.4 cm³/mol. The number of ether oxygens (including phenoxy) is 1. The highest BCUT2D eigenvalue weighted by Crippen LogP contribution is 2.33. The fraction of sp³-hybridized carbons (Fsp3) is 0.143. The zero-order chi connectivity index (χ0) is 13.1. The third kappa shape index (κ3) is 2.57. The van der Waals surface area contributed by atoms with Crippen LogP contribution >= 0.6 is 11.6 Å². The zero-order valence-electron chi connectivity index (χ0n) is 9.91. The van der Waals surface area contributed by atoms with Crippen LogP contribution < -0.4 is 10.5 Å². The molecule has 0 fully saturated rings. The summed E-state index contributed by atoms with van der Waals surface area (Å²) in [5.41, 5.74) is 7.62. The Morgan fingerprint density at radius 2 is 1.89 bits per heavy atom. The molecule has 0 radical (unpaired) electrons. The Bertz CT molecular complexity index is 554. The van der Waals surface area contributed by atoms with Crippen LogP contribution in [0.15, 0.2) is 36.4 Å². The van der Waals surface area contributed by atoms with Crippen molar-refractivity contribution in [1.82, 2.24) is 0 Å². The minimum Gasteiger partial charge on any atom is -0.494 e. The predicted octanol–water partition coefficient (Wildman–Crippen LogP) is 4.13. The van der Waals surface area contributed by atoms with Gasteiger partial charge in [0.05, 0.1) is 17.3 Å². The molecule has 4 heteroatoms. The number of hydrogen-bond acceptors (Lipinski definition) is 2. The molecule has 0 saturated heterocycles. The number of rotatable bonds is 3. The zero-order valence-corrected chi connectivity index (χ0v) is 10.7. The van der Waals surface area contributed by atoms with Crippen molar-refractivity contribution in [2.24, 2.45) is 0 Å². The molecule has 2 nitrogen and oxygen atoms in total. The van der Waals surface area contributed by atoms with E-state index < -0.39 is 5.82 Å². The molecule has 18 heavy (non-hydrogen) atoms. The van der Waals surface area contributed by atoms with E-state index in [-0.39, 0.29) is 5.02 Å². The van der Waals surface area contributed by atoms with Gasteiger partial charge in [-0.05, 0) is 36.8 Å². The highest BCUT2D eigenvalue weighted by atomic mass is 35.5. The second kappa shape index (κ2) is 5.27. The molecule has 0 spiro atoms. The summed E-state index contributed by atoms with van der Waals surface area (Å²) in [6.07, 6.45) is 0. The minimum atomic E-state index is -0.405. The summed E-state index contributed by atoms with van der Waals surface area (Å²) in [7, 11) is 0. The second-order valence-corrected chi connectivity index (χ2v) is 4.21. The van der Waals surface area contributed by atoms with Gasteiger partial charge in [-0.3, -0.25) is 0 Å². The lowest BCUT2D eigenvalue weighted by Crippen LogP contribution is -1.94. The Labute approximate surface area is 110 Å². The summed E-state index contributed by atoms with van der Waals surface area (Å²) < 4.78 is 18.7. The van der Waals surface area contributed by atoms with Crippen molar-refractivity contribution < 1.29 is 9.13 Å². The largest absolute Gasteiger partial charge is 0.494 e. The van der Waals surface area contributed by atoms with Crippen molar-refractivity contribution >= 4 is 17.3 Å². The average Bonchev–Trinajstić information content (AvgIpc) is 2.35. The summed E-state index contributed by atoms with van der Waals surface area (Å²) >= 11 is 5.86. The molecule has 94 valence electrons. The Hall–Kier alpha value is -1.74. The first-order chi connectivity index (χ1) is 8.61. The molecular formula is C14H13ClFNO. The van der Waals surface area contributed by atoms with E-state index in [2.05, 4.69) is 0 Å². The molecule has 0 aromatic heterocycles. The number of nitrogens with two attached hydrogens (primary N) is 1. The van der Waals surface area contributed by atoms with E-state index in [4.69, 9.17) is 22.1 Å².